The molecule has 0 radical (unpaired) electrons. The molecule has 4 rings (SSSR count). The number of amidine groups is 1. The molecule has 1 amide bonds. The molecule has 0 saturated heterocycles. The summed E-state index contributed by atoms with van der Waals surface area (Å²) in [6.07, 6.45) is 1.56. The highest BCUT2D eigenvalue weighted by Crippen LogP contribution is 2.37. The summed E-state index contributed by atoms with van der Waals surface area (Å²) in [4.78, 5) is 18.1. The van der Waals surface area contributed by atoms with Crippen molar-refractivity contribution in [1.29, 1.82) is 0 Å². The summed E-state index contributed by atoms with van der Waals surface area (Å²) in [6.45, 7) is 2.14. The highest BCUT2D eigenvalue weighted by molar-refractivity contribution is 9.10. The number of thioether (sulfide) groups is 1. The Kier molecular flexibility index (Phi) is 6.52. The number of benzene rings is 2. The molecule has 2 aliphatic rings. The molecule has 2 heterocycles. The van der Waals surface area contributed by atoms with E-state index >= 15 is 0 Å². The van der Waals surface area contributed by atoms with Crippen molar-refractivity contribution in [3.8, 4) is 11.5 Å². The van der Waals surface area contributed by atoms with Crippen molar-refractivity contribution in [2.45, 2.75) is 25.9 Å². The fourth-order valence-electron chi connectivity index (χ4n) is 3.47. The van der Waals surface area contributed by atoms with Crippen molar-refractivity contribution in [3.63, 3.8) is 0 Å². The van der Waals surface area contributed by atoms with Crippen LogP contribution in [0.15, 0.2) is 51.0 Å². The van der Waals surface area contributed by atoms with Gasteiger partial charge in [-0.15, -0.1) is 5.10 Å². The van der Waals surface area contributed by atoms with Gasteiger partial charge in [-0.25, -0.2) is 5.01 Å². The first kappa shape index (κ1) is 21.7. The average Bonchev–Trinajstić information content (AvgIpc) is 2.78. The number of halogens is 1. The molecule has 2 aliphatic heterocycles. The van der Waals surface area contributed by atoms with Crippen LogP contribution >= 0.6 is 27.7 Å². The molecule has 9 heteroatoms. The Balaban J connectivity index is 1.91. The highest BCUT2D eigenvalue weighted by Gasteiger charge is 2.36. The summed E-state index contributed by atoms with van der Waals surface area (Å²) in [7, 11) is 3.23. The van der Waals surface area contributed by atoms with Gasteiger partial charge >= 0.3 is 0 Å². The summed E-state index contributed by atoms with van der Waals surface area (Å²) < 4.78 is 11.9. The molecule has 0 fully saturated rings. The van der Waals surface area contributed by atoms with Crippen molar-refractivity contribution in [1.82, 2.24) is 10.3 Å². The number of hydrazone groups is 1. The van der Waals surface area contributed by atoms with Gasteiger partial charge in [0.25, 0.3) is 5.91 Å². The first-order chi connectivity index (χ1) is 15.0. The monoisotopic (exact) mass is 502 g/mol. The summed E-state index contributed by atoms with van der Waals surface area (Å²) in [6, 6.07) is 11.2. The molecular weight excluding hydrogens is 480 g/mol. The number of carbonyl (C=O) groups excluding carboxylic acids is 1. The smallest absolute Gasteiger partial charge is 0.276 e. The van der Waals surface area contributed by atoms with Gasteiger partial charge < -0.3 is 9.47 Å². The molecule has 1 N–H and O–H groups in total. The van der Waals surface area contributed by atoms with E-state index in [-0.39, 0.29) is 5.91 Å². The number of fused-ring (bicyclic) bond motifs is 2. The first-order valence-electron chi connectivity index (χ1n) is 9.97. The Morgan fingerprint density at radius 1 is 1.19 bits per heavy atom. The van der Waals surface area contributed by atoms with Crippen LogP contribution in [0.3, 0.4) is 0 Å². The minimum Gasteiger partial charge on any atom is -0.497 e. The standard InChI is InChI=1S/C22H23BrN4O3S/c1-4-5-10-31-22-25-21(28)19-15-11-13(23)6-8-17(15)24-20(27(19)26-22)16-12-14(29-2)7-9-18(16)30-3/h6-9,11-12,20H,4-5,10H2,1-3H3,(H,25,26,28)/t20-/m0/s1. The molecule has 1 atom stereocenters. The normalized spacial score (nSPS) is 17.2. The summed E-state index contributed by atoms with van der Waals surface area (Å²) in [5, 5.41) is 11.4. The summed E-state index contributed by atoms with van der Waals surface area (Å²) >= 11 is 5.04. The zero-order chi connectivity index (χ0) is 22.0. The van der Waals surface area contributed by atoms with E-state index in [0.29, 0.717) is 22.4 Å². The van der Waals surface area contributed by atoms with Crippen LogP contribution in [0.25, 0.3) is 5.70 Å². The molecular formula is C22H23BrN4O3S. The molecule has 162 valence electrons. The number of unbranched alkanes of at least 4 members (excludes halogenated alkanes) is 1. The molecule has 2 aromatic rings. The Morgan fingerprint density at radius 2 is 2.03 bits per heavy atom. The number of hydrogen-bond acceptors (Lipinski definition) is 7. The van der Waals surface area contributed by atoms with Crippen LogP contribution in [-0.2, 0) is 4.79 Å². The number of nitrogens with zero attached hydrogens (tertiary/aromatic N) is 3. The summed E-state index contributed by atoms with van der Waals surface area (Å²) in [5.74, 6) is 2.01. The van der Waals surface area contributed by atoms with Crippen LogP contribution in [0.5, 0.6) is 11.5 Å². The zero-order valence-electron chi connectivity index (χ0n) is 17.5. The van der Waals surface area contributed by atoms with E-state index < -0.39 is 6.17 Å². The first-order valence-corrected chi connectivity index (χ1v) is 11.7. The third-order valence-corrected chi connectivity index (χ3v) is 6.46. The number of methoxy groups -OCH3 is 2. The van der Waals surface area contributed by atoms with Crippen molar-refractivity contribution in [2.75, 3.05) is 20.0 Å². The minimum atomic E-state index is -0.568. The van der Waals surface area contributed by atoms with Gasteiger partial charge in [-0.05, 0) is 42.8 Å². The number of amides is 1. The number of rotatable bonds is 6. The number of nitrogens with one attached hydrogen (secondary N) is 1. The van der Waals surface area contributed by atoms with Gasteiger partial charge in [0.2, 0.25) is 0 Å². The molecule has 0 unspecified atom stereocenters. The van der Waals surface area contributed by atoms with Gasteiger partial charge in [0.1, 0.15) is 17.2 Å². The molecule has 0 spiro atoms. The topological polar surface area (TPSA) is 75.5 Å². The minimum absolute atomic E-state index is 0.199. The molecule has 0 aliphatic carbocycles. The lowest BCUT2D eigenvalue weighted by atomic mass is 10.1. The molecule has 7 nitrogen and oxygen atoms in total. The lowest BCUT2D eigenvalue weighted by Crippen LogP contribution is -2.50. The van der Waals surface area contributed by atoms with E-state index in [0.717, 1.165) is 39.2 Å². The zero-order valence-corrected chi connectivity index (χ0v) is 19.9. The van der Waals surface area contributed by atoms with Crippen LogP contribution in [0.4, 0.5) is 0 Å². The molecule has 0 bridgehead atoms. The van der Waals surface area contributed by atoms with Crippen molar-refractivity contribution in [2.24, 2.45) is 10.1 Å². The Hall–Kier alpha value is -2.52. The second-order valence-corrected chi connectivity index (χ2v) is 9.03. The van der Waals surface area contributed by atoms with Crippen LogP contribution in [0, 0.1) is 0 Å². The predicted molar refractivity (Wildman–Crippen MR) is 125 cm³/mol. The van der Waals surface area contributed by atoms with Gasteiger partial charge in [0.05, 0.1) is 19.6 Å². The third-order valence-electron chi connectivity index (χ3n) is 5.02. The molecule has 31 heavy (non-hydrogen) atoms. The lowest BCUT2D eigenvalue weighted by molar-refractivity contribution is -0.116. The van der Waals surface area contributed by atoms with Crippen LogP contribution in [0.2, 0.25) is 0 Å². The molecule has 0 aromatic heterocycles. The van der Waals surface area contributed by atoms with E-state index in [4.69, 9.17) is 19.6 Å². The van der Waals surface area contributed by atoms with Gasteiger partial charge in [-0.2, -0.15) is 0 Å². The Labute approximate surface area is 193 Å². The SMILES string of the molecule is CCCCSC1=NN2C(=c3cc(Br)ccc3=N[C@@H]2c2cc(OC)ccc2OC)C(=O)N1. The number of hydrogen-bond donors (Lipinski definition) is 1. The van der Waals surface area contributed by atoms with E-state index in [1.54, 1.807) is 19.2 Å². The van der Waals surface area contributed by atoms with Crippen LogP contribution in [-0.4, -0.2) is 36.1 Å². The van der Waals surface area contributed by atoms with Crippen molar-refractivity contribution in [3.05, 3.63) is 57.0 Å². The molecule has 0 saturated carbocycles. The van der Waals surface area contributed by atoms with E-state index in [9.17, 15) is 4.79 Å². The van der Waals surface area contributed by atoms with E-state index in [1.807, 2.05) is 36.4 Å². The maximum Gasteiger partial charge on any atom is 0.276 e. The van der Waals surface area contributed by atoms with Gasteiger partial charge in [-0.3, -0.25) is 15.1 Å². The van der Waals surface area contributed by atoms with Crippen LogP contribution in [0.1, 0.15) is 31.5 Å². The van der Waals surface area contributed by atoms with Gasteiger partial charge in [0, 0.05) is 21.0 Å². The Morgan fingerprint density at radius 3 is 2.77 bits per heavy atom. The number of ether oxygens (including phenoxy) is 2. The van der Waals surface area contributed by atoms with Crippen molar-refractivity contribution >= 4 is 44.5 Å². The van der Waals surface area contributed by atoms with Crippen molar-refractivity contribution < 1.29 is 14.3 Å². The van der Waals surface area contributed by atoms with Gasteiger partial charge in [0.15, 0.2) is 11.3 Å². The average molecular weight is 503 g/mol. The quantitative estimate of drug-likeness (QED) is 0.614. The second kappa shape index (κ2) is 9.32. The lowest BCUT2D eigenvalue weighted by Gasteiger charge is -2.34. The fourth-order valence-corrected chi connectivity index (χ4v) is 4.77. The van der Waals surface area contributed by atoms with E-state index in [1.165, 1.54) is 11.8 Å². The predicted octanol–water partition coefficient (Wildman–Crippen LogP) is 3.14. The third kappa shape index (κ3) is 4.29. The largest absolute Gasteiger partial charge is 0.497 e. The maximum atomic E-state index is 13.2. The summed E-state index contributed by atoms with van der Waals surface area (Å²) in [5.41, 5.74) is 1.23. The second-order valence-electron chi connectivity index (χ2n) is 7.03. The fraction of sp³-hybridized carbons (Fsp3) is 0.318. The van der Waals surface area contributed by atoms with Gasteiger partial charge in [-0.1, -0.05) is 41.0 Å². The highest BCUT2D eigenvalue weighted by atomic mass is 79.9. The van der Waals surface area contributed by atoms with Crippen LogP contribution < -0.4 is 25.4 Å². The molecule has 2 aromatic carbocycles. The Bertz CT molecular complexity index is 1170. The number of carbonyl (C=O) groups is 1. The maximum absolute atomic E-state index is 13.2. The van der Waals surface area contributed by atoms with E-state index in [2.05, 4.69) is 28.2 Å².